The summed E-state index contributed by atoms with van der Waals surface area (Å²) in [6, 6.07) is 0. The topological polar surface area (TPSA) is 29.1 Å². The van der Waals surface area contributed by atoms with Crippen LogP contribution in [-0.2, 0) is 4.79 Å². The van der Waals surface area contributed by atoms with Crippen LogP contribution < -0.4 is 5.32 Å². The average Bonchev–Trinajstić information content (AvgIpc) is 1.85. The number of hydrogen-bond acceptors (Lipinski definition) is 2. The van der Waals surface area contributed by atoms with Crippen molar-refractivity contribution in [1.82, 2.24) is 5.32 Å². The highest BCUT2D eigenvalue weighted by Gasteiger charge is 2.24. The Morgan fingerprint density at radius 2 is 2.50 bits per heavy atom. The van der Waals surface area contributed by atoms with E-state index in [1.165, 1.54) is 18.6 Å². The van der Waals surface area contributed by atoms with Gasteiger partial charge in [0.2, 0.25) is 5.91 Å². The molecule has 58 valence electrons. The van der Waals surface area contributed by atoms with E-state index in [2.05, 4.69) is 12.2 Å². The van der Waals surface area contributed by atoms with E-state index in [1.807, 2.05) is 11.8 Å². The van der Waals surface area contributed by atoms with Crippen molar-refractivity contribution in [2.45, 2.75) is 31.6 Å². The smallest absolute Gasteiger partial charge is 0.223 e. The highest BCUT2D eigenvalue weighted by Crippen LogP contribution is 2.19. The summed E-state index contributed by atoms with van der Waals surface area (Å²) >= 11 is 1.86. The molecule has 0 aliphatic carbocycles. The number of β-lactam (4-membered cyclic amide) rings is 1. The van der Waals surface area contributed by atoms with Gasteiger partial charge in [0, 0.05) is 0 Å². The molecule has 0 aromatic carbocycles. The predicted octanol–water partition coefficient (Wildman–Crippen LogP) is 1.37. The van der Waals surface area contributed by atoms with E-state index in [0.717, 1.165) is 6.42 Å². The fraction of sp³-hybridized carbons (Fsp3) is 0.857. The van der Waals surface area contributed by atoms with Crippen molar-refractivity contribution >= 4 is 17.7 Å². The van der Waals surface area contributed by atoms with Crippen molar-refractivity contribution in [3.05, 3.63) is 0 Å². The average molecular weight is 159 g/mol. The zero-order chi connectivity index (χ0) is 7.40. The summed E-state index contributed by atoms with van der Waals surface area (Å²) in [7, 11) is 0. The van der Waals surface area contributed by atoms with Crippen LogP contribution in [0.2, 0.25) is 0 Å². The number of thioether (sulfide) groups is 1. The van der Waals surface area contributed by atoms with Gasteiger partial charge in [-0.1, -0.05) is 13.3 Å². The molecule has 1 unspecified atom stereocenters. The first-order chi connectivity index (χ1) is 4.83. The number of hydrogen-bond donors (Lipinski definition) is 1. The van der Waals surface area contributed by atoms with Gasteiger partial charge in [-0.05, 0) is 12.2 Å². The second-order valence-electron chi connectivity index (χ2n) is 2.48. The third-order valence-electron chi connectivity index (χ3n) is 1.51. The fourth-order valence-corrected chi connectivity index (χ4v) is 2.02. The maximum absolute atomic E-state index is 10.4. The normalized spacial score (nSPS) is 23.7. The summed E-state index contributed by atoms with van der Waals surface area (Å²) in [5.41, 5.74) is 0. The number of nitrogens with one attached hydrogen (secondary N) is 1. The summed E-state index contributed by atoms with van der Waals surface area (Å²) in [5.74, 6) is 1.38. The summed E-state index contributed by atoms with van der Waals surface area (Å²) in [4.78, 5) is 10.4. The van der Waals surface area contributed by atoms with Gasteiger partial charge in [0.25, 0.3) is 0 Å². The molecule has 1 fully saturated rings. The SMILES string of the molecule is CCCCSC1CC(=O)N1. The monoisotopic (exact) mass is 159 g/mol. The molecular weight excluding hydrogens is 146 g/mol. The van der Waals surface area contributed by atoms with E-state index < -0.39 is 0 Å². The lowest BCUT2D eigenvalue weighted by Gasteiger charge is -2.25. The van der Waals surface area contributed by atoms with E-state index in [-0.39, 0.29) is 5.91 Å². The van der Waals surface area contributed by atoms with Crippen LogP contribution in [0.5, 0.6) is 0 Å². The van der Waals surface area contributed by atoms with Crippen molar-refractivity contribution in [1.29, 1.82) is 0 Å². The third-order valence-corrected chi connectivity index (χ3v) is 2.72. The van der Waals surface area contributed by atoms with Crippen LogP contribution in [0.4, 0.5) is 0 Å². The first-order valence-electron chi connectivity index (χ1n) is 3.74. The van der Waals surface area contributed by atoms with Crippen LogP contribution in [-0.4, -0.2) is 17.0 Å². The lowest BCUT2D eigenvalue weighted by atomic mass is 10.3. The van der Waals surface area contributed by atoms with Crippen LogP contribution in [0.3, 0.4) is 0 Å². The molecule has 0 bridgehead atoms. The maximum Gasteiger partial charge on any atom is 0.223 e. The van der Waals surface area contributed by atoms with E-state index in [9.17, 15) is 4.79 Å². The van der Waals surface area contributed by atoms with Gasteiger partial charge in [-0.2, -0.15) is 0 Å². The van der Waals surface area contributed by atoms with Crippen LogP contribution in [0.1, 0.15) is 26.2 Å². The van der Waals surface area contributed by atoms with Gasteiger partial charge in [-0.3, -0.25) is 4.79 Å². The number of amides is 1. The molecule has 0 saturated carbocycles. The Hall–Kier alpha value is -0.180. The van der Waals surface area contributed by atoms with Gasteiger partial charge in [0.05, 0.1) is 11.8 Å². The molecule has 1 amide bonds. The van der Waals surface area contributed by atoms with E-state index in [4.69, 9.17) is 0 Å². The van der Waals surface area contributed by atoms with Crippen molar-refractivity contribution in [2.24, 2.45) is 0 Å². The summed E-state index contributed by atoms with van der Waals surface area (Å²) in [6.45, 7) is 2.18. The van der Waals surface area contributed by atoms with E-state index in [1.54, 1.807) is 0 Å². The molecule has 0 spiro atoms. The number of rotatable bonds is 4. The molecule has 2 nitrogen and oxygen atoms in total. The largest absolute Gasteiger partial charge is 0.344 e. The Balaban J connectivity index is 1.90. The highest BCUT2D eigenvalue weighted by atomic mass is 32.2. The first kappa shape index (κ1) is 7.92. The van der Waals surface area contributed by atoms with Gasteiger partial charge < -0.3 is 5.32 Å². The number of carbonyl (C=O) groups excluding carboxylic acids is 1. The Morgan fingerprint density at radius 3 is 3.00 bits per heavy atom. The molecule has 1 saturated heterocycles. The zero-order valence-corrected chi connectivity index (χ0v) is 7.04. The second kappa shape index (κ2) is 3.86. The van der Waals surface area contributed by atoms with Crippen molar-refractivity contribution < 1.29 is 4.79 Å². The molecular formula is C7H13NOS. The van der Waals surface area contributed by atoms with Gasteiger partial charge in [0.1, 0.15) is 0 Å². The van der Waals surface area contributed by atoms with Crippen LogP contribution in [0.25, 0.3) is 0 Å². The van der Waals surface area contributed by atoms with Gasteiger partial charge in [-0.25, -0.2) is 0 Å². The Kier molecular flexibility index (Phi) is 3.06. The number of carbonyl (C=O) groups is 1. The molecule has 10 heavy (non-hydrogen) atoms. The molecule has 0 radical (unpaired) electrons. The Bertz CT molecular complexity index is 119. The molecule has 3 heteroatoms. The van der Waals surface area contributed by atoms with Crippen molar-refractivity contribution in [2.75, 3.05) is 5.75 Å². The summed E-state index contributed by atoms with van der Waals surface area (Å²) in [6.07, 6.45) is 3.24. The molecule has 1 rings (SSSR count). The Morgan fingerprint density at radius 1 is 1.80 bits per heavy atom. The minimum absolute atomic E-state index is 0.203. The minimum Gasteiger partial charge on any atom is -0.344 e. The molecule has 1 aliphatic rings. The molecule has 1 N–H and O–H groups in total. The third kappa shape index (κ3) is 2.21. The van der Waals surface area contributed by atoms with Crippen molar-refractivity contribution in [3.8, 4) is 0 Å². The first-order valence-corrected chi connectivity index (χ1v) is 4.78. The molecule has 1 aliphatic heterocycles. The lowest BCUT2D eigenvalue weighted by molar-refractivity contribution is -0.126. The van der Waals surface area contributed by atoms with Gasteiger partial charge in [0.15, 0.2) is 0 Å². The van der Waals surface area contributed by atoms with Crippen molar-refractivity contribution in [3.63, 3.8) is 0 Å². The summed E-state index contributed by atoms with van der Waals surface area (Å²) < 4.78 is 0. The fourth-order valence-electron chi connectivity index (χ4n) is 0.797. The van der Waals surface area contributed by atoms with E-state index >= 15 is 0 Å². The molecule has 1 atom stereocenters. The van der Waals surface area contributed by atoms with Crippen LogP contribution in [0, 0.1) is 0 Å². The lowest BCUT2D eigenvalue weighted by Crippen LogP contribution is -2.46. The quantitative estimate of drug-likeness (QED) is 0.496. The molecule has 0 aromatic rings. The predicted molar refractivity (Wildman–Crippen MR) is 43.9 cm³/mol. The Labute approximate surface area is 65.8 Å². The standard InChI is InChI=1S/C7H13NOS/c1-2-3-4-10-7-5-6(9)8-7/h7H,2-5H2,1H3,(H,8,9). The molecule has 1 heterocycles. The number of unbranched alkanes of at least 4 members (excludes halogenated alkanes) is 1. The zero-order valence-electron chi connectivity index (χ0n) is 6.22. The van der Waals surface area contributed by atoms with Crippen LogP contribution >= 0.6 is 11.8 Å². The second-order valence-corrected chi connectivity index (χ2v) is 3.80. The van der Waals surface area contributed by atoms with E-state index in [0.29, 0.717) is 5.37 Å². The minimum atomic E-state index is 0.203. The molecule has 0 aromatic heterocycles. The maximum atomic E-state index is 10.4. The highest BCUT2D eigenvalue weighted by molar-refractivity contribution is 8.00. The van der Waals surface area contributed by atoms with Gasteiger partial charge in [-0.15, -0.1) is 11.8 Å². The van der Waals surface area contributed by atoms with Crippen LogP contribution in [0.15, 0.2) is 0 Å². The van der Waals surface area contributed by atoms with Gasteiger partial charge >= 0.3 is 0 Å². The summed E-state index contributed by atoms with van der Waals surface area (Å²) in [5, 5.41) is 3.26.